The molecule has 4 heteroatoms. The molecule has 16 heavy (non-hydrogen) atoms. The predicted octanol–water partition coefficient (Wildman–Crippen LogP) is 2.66. The number of hydrogen-bond donors (Lipinski definition) is 0. The highest BCUT2D eigenvalue weighted by Gasteiger charge is 2.25. The molecular weight excluding hydrogens is 220 g/mol. The van der Waals surface area contributed by atoms with Crippen LogP contribution in [0.1, 0.15) is 27.0 Å². The third kappa shape index (κ3) is 1.74. The zero-order chi connectivity index (χ0) is 11.7. The topological polar surface area (TPSA) is 40.9 Å². The molecule has 0 aliphatic carbocycles. The van der Waals surface area contributed by atoms with Gasteiger partial charge in [0.25, 0.3) is 6.71 Å². The monoisotopic (exact) mass is 231 g/mol. The number of aryl methyl sites for hydroxylation is 1. The number of nitrogens with zero attached hydrogens (tertiary/aromatic N) is 1. The Balaban J connectivity index is 2.53. The summed E-state index contributed by atoms with van der Waals surface area (Å²) in [6, 6.07) is 1.99. The van der Waals surface area contributed by atoms with Crippen molar-refractivity contribution >= 4 is 24.6 Å². The number of nitriles is 1. The van der Waals surface area contributed by atoms with Gasteiger partial charge in [0, 0.05) is 11.5 Å². The van der Waals surface area contributed by atoms with Crippen LogP contribution in [-0.2, 0) is 12.7 Å². The van der Waals surface area contributed by atoms with Crippen LogP contribution in [0.15, 0.2) is 6.07 Å². The number of halogens is 1. The highest BCUT2D eigenvalue weighted by molar-refractivity contribution is 6.66. The van der Waals surface area contributed by atoms with Gasteiger partial charge in [0.2, 0.25) is 0 Å². The second kappa shape index (κ2) is 4.31. The van der Waals surface area contributed by atoms with Crippen molar-refractivity contribution in [3.8, 4) is 5.97 Å². The fourth-order valence-electron chi connectivity index (χ4n) is 2.30. The van der Waals surface area contributed by atoms with Gasteiger partial charge in [0.1, 0.15) is 0 Å². The average Bonchev–Trinajstić information content (AvgIpc) is 2.28. The predicted molar refractivity (Wildman–Crippen MR) is 65.2 cm³/mol. The molecule has 0 aromatic heterocycles. The molecule has 0 radical (unpaired) electrons. The summed E-state index contributed by atoms with van der Waals surface area (Å²) in [5.74, 6) is 2.30. The van der Waals surface area contributed by atoms with E-state index in [1.54, 1.807) is 0 Å². The van der Waals surface area contributed by atoms with Crippen LogP contribution in [0.2, 0.25) is 11.3 Å². The van der Waals surface area contributed by atoms with Crippen molar-refractivity contribution in [1.29, 1.82) is 5.26 Å². The van der Waals surface area contributed by atoms with Crippen molar-refractivity contribution in [2.45, 2.75) is 26.0 Å². The molecule has 0 saturated heterocycles. The van der Waals surface area contributed by atoms with Crippen molar-refractivity contribution in [2.24, 2.45) is 0 Å². The minimum atomic E-state index is 0.0880. The number of benzene rings is 1. The second-order valence-electron chi connectivity index (χ2n) is 4.25. The van der Waals surface area contributed by atoms with Crippen LogP contribution in [0.25, 0.3) is 0 Å². The summed E-state index contributed by atoms with van der Waals surface area (Å²) in [5.41, 5.74) is 3.68. The van der Waals surface area contributed by atoms with Crippen LogP contribution in [0, 0.1) is 18.2 Å². The van der Waals surface area contributed by atoms with Crippen molar-refractivity contribution in [3.05, 3.63) is 33.3 Å². The number of fused-ring (bicyclic) bond motifs is 1. The van der Waals surface area contributed by atoms with E-state index < -0.39 is 0 Å². The summed E-state index contributed by atoms with van der Waals surface area (Å²) in [5, 5.41) is 9.50. The van der Waals surface area contributed by atoms with E-state index in [-0.39, 0.29) is 6.71 Å². The molecule has 0 spiro atoms. The third-order valence-electron chi connectivity index (χ3n) is 3.21. The van der Waals surface area contributed by atoms with Gasteiger partial charge in [-0.1, -0.05) is 24.0 Å². The largest absolute Gasteiger partial charge is 0.298 e. The number of carbonyl (C=O) groups is 1. The van der Waals surface area contributed by atoms with Gasteiger partial charge in [0.05, 0.1) is 5.02 Å². The first-order valence-electron chi connectivity index (χ1n) is 5.33. The van der Waals surface area contributed by atoms with Crippen LogP contribution >= 0.6 is 11.6 Å². The standard InChI is InChI=1S/C12H11BClNO/c1-8-4-9-5-13(7-15)3-2-10(9)12(14)11(8)6-16/h4,6H,2-3,5H2,1H3. The molecule has 0 fully saturated rings. The molecular formula is C12H11BClNO. The fourth-order valence-corrected chi connectivity index (χ4v) is 2.71. The maximum Gasteiger partial charge on any atom is 0.272 e. The van der Waals surface area contributed by atoms with E-state index in [4.69, 9.17) is 16.9 Å². The normalized spacial score (nSPS) is 14.2. The van der Waals surface area contributed by atoms with Gasteiger partial charge in [-0.15, -0.1) is 0 Å². The SMILES string of the molecule is Cc1cc2c(c(Cl)c1C=O)CCB(C#N)C2. The molecule has 0 atom stereocenters. The number of aldehydes is 1. The van der Waals surface area contributed by atoms with Gasteiger partial charge in [-0.25, -0.2) is 5.26 Å². The van der Waals surface area contributed by atoms with Crippen LogP contribution in [0.3, 0.4) is 0 Å². The van der Waals surface area contributed by atoms with Gasteiger partial charge in [0.15, 0.2) is 6.29 Å². The van der Waals surface area contributed by atoms with Gasteiger partial charge in [-0.3, -0.25) is 4.79 Å². The number of rotatable bonds is 1. The Hall–Kier alpha value is -1.27. The smallest absolute Gasteiger partial charge is 0.272 e. The Kier molecular flexibility index (Phi) is 3.02. The third-order valence-corrected chi connectivity index (χ3v) is 3.65. The number of hydrogen-bond acceptors (Lipinski definition) is 2. The quantitative estimate of drug-likeness (QED) is 0.551. The van der Waals surface area contributed by atoms with Crippen molar-refractivity contribution in [3.63, 3.8) is 0 Å². The van der Waals surface area contributed by atoms with E-state index >= 15 is 0 Å². The molecule has 0 bridgehead atoms. The van der Waals surface area contributed by atoms with Crippen LogP contribution in [0.5, 0.6) is 0 Å². The fraction of sp³-hybridized carbons (Fsp3) is 0.333. The molecule has 1 aliphatic heterocycles. The lowest BCUT2D eigenvalue weighted by molar-refractivity contribution is 0.112. The van der Waals surface area contributed by atoms with E-state index in [1.165, 1.54) is 0 Å². The molecule has 1 heterocycles. The Morgan fingerprint density at radius 3 is 3.00 bits per heavy atom. The zero-order valence-electron chi connectivity index (χ0n) is 9.09. The highest BCUT2D eigenvalue weighted by atomic mass is 35.5. The van der Waals surface area contributed by atoms with Crippen LogP contribution in [0.4, 0.5) is 0 Å². The number of carbonyl (C=O) groups excluding carboxylic acids is 1. The maximum atomic E-state index is 10.9. The molecule has 2 nitrogen and oxygen atoms in total. The van der Waals surface area contributed by atoms with Crippen LogP contribution < -0.4 is 0 Å². The zero-order valence-corrected chi connectivity index (χ0v) is 9.84. The highest BCUT2D eigenvalue weighted by Crippen LogP contribution is 2.32. The lowest BCUT2D eigenvalue weighted by Gasteiger charge is -2.20. The van der Waals surface area contributed by atoms with E-state index in [0.29, 0.717) is 10.6 Å². The minimum absolute atomic E-state index is 0.0880. The van der Waals surface area contributed by atoms with Gasteiger partial charge < -0.3 is 0 Å². The summed E-state index contributed by atoms with van der Waals surface area (Å²) in [6.45, 7) is 1.97. The first-order valence-corrected chi connectivity index (χ1v) is 5.70. The molecule has 1 aromatic rings. The molecule has 80 valence electrons. The van der Waals surface area contributed by atoms with Gasteiger partial charge in [-0.05, 0) is 36.4 Å². The maximum absolute atomic E-state index is 10.9. The van der Waals surface area contributed by atoms with Gasteiger partial charge in [-0.2, -0.15) is 0 Å². The molecule has 0 N–H and O–H groups in total. The Bertz CT molecular complexity index is 493. The lowest BCUT2D eigenvalue weighted by atomic mass is 9.42. The van der Waals surface area contributed by atoms with Crippen molar-refractivity contribution < 1.29 is 4.79 Å². The van der Waals surface area contributed by atoms with Crippen molar-refractivity contribution in [2.75, 3.05) is 0 Å². The first-order chi connectivity index (χ1) is 7.67. The lowest BCUT2D eigenvalue weighted by Crippen LogP contribution is -2.22. The molecule has 2 rings (SSSR count). The Morgan fingerprint density at radius 2 is 2.38 bits per heavy atom. The van der Waals surface area contributed by atoms with E-state index in [1.807, 2.05) is 13.0 Å². The van der Waals surface area contributed by atoms with E-state index in [2.05, 4.69) is 5.97 Å². The van der Waals surface area contributed by atoms with Gasteiger partial charge >= 0.3 is 0 Å². The van der Waals surface area contributed by atoms with E-state index in [0.717, 1.165) is 42.0 Å². The summed E-state index contributed by atoms with van der Waals surface area (Å²) < 4.78 is 0. The Morgan fingerprint density at radius 1 is 1.62 bits per heavy atom. The first kappa shape index (κ1) is 11.2. The molecule has 0 unspecified atom stereocenters. The summed E-state index contributed by atoms with van der Waals surface area (Å²) >= 11 is 6.21. The van der Waals surface area contributed by atoms with Crippen molar-refractivity contribution in [1.82, 2.24) is 0 Å². The second-order valence-corrected chi connectivity index (χ2v) is 4.62. The molecule has 1 aromatic carbocycles. The summed E-state index contributed by atoms with van der Waals surface area (Å²) in [6.07, 6.45) is 3.21. The Labute approximate surface area is 100 Å². The van der Waals surface area contributed by atoms with E-state index in [9.17, 15) is 4.79 Å². The van der Waals surface area contributed by atoms with Crippen LogP contribution in [-0.4, -0.2) is 13.0 Å². The summed E-state index contributed by atoms with van der Waals surface area (Å²) in [7, 11) is 0. The average molecular weight is 231 g/mol. The minimum Gasteiger partial charge on any atom is -0.298 e. The summed E-state index contributed by atoms with van der Waals surface area (Å²) in [4.78, 5) is 10.9. The molecule has 0 amide bonds. The molecule has 0 saturated carbocycles. The molecule has 1 aliphatic rings.